The van der Waals surface area contributed by atoms with Crippen molar-refractivity contribution >= 4 is 23.4 Å². The number of rotatable bonds is 3. The summed E-state index contributed by atoms with van der Waals surface area (Å²) in [5.74, 6) is 2.16. The summed E-state index contributed by atoms with van der Waals surface area (Å²) in [4.78, 5) is 16.1. The quantitative estimate of drug-likeness (QED) is 0.857. The number of hydrogen-bond donors (Lipinski definition) is 0. The molecule has 0 unspecified atom stereocenters. The number of carbonyl (C=O) groups excluding carboxylic acids is 1. The number of ether oxygens (including phenoxy) is 2. The minimum absolute atomic E-state index is 0.0595. The van der Waals surface area contributed by atoms with Gasteiger partial charge in [-0.25, -0.2) is 0 Å². The van der Waals surface area contributed by atoms with Crippen LogP contribution in [0.25, 0.3) is 0 Å². The van der Waals surface area contributed by atoms with E-state index in [1.807, 2.05) is 23.1 Å². The number of amides is 1. The van der Waals surface area contributed by atoms with Crippen molar-refractivity contribution in [2.45, 2.75) is 11.3 Å². The molecule has 2 aromatic rings. The van der Waals surface area contributed by atoms with Crippen molar-refractivity contribution in [1.82, 2.24) is 0 Å². The van der Waals surface area contributed by atoms with Crippen molar-refractivity contribution < 1.29 is 14.3 Å². The van der Waals surface area contributed by atoms with E-state index in [1.165, 1.54) is 0 Å². The Bertz CT molecular complexity index is 717. The van der Waals surface area contributed by atoms with E-state index >= 15 is 0 Å². The van der Waals surface area contributed by atoms with Gasteiger partial charge >= 0.3 is 0 Å². The van der Waals surface area contributed by atoms with E-state index in [4.69, 9.17) is 9.47 Å². The highest BCUT2D eigenvalue weighted by Gasteiger charge is 2.25. The lowest BCUT2D eigenvalue weighted by molar-refractivity contribution is 0.0983. The molecular weight excluding hydrogens is 310 g/mol. The van der Waals surface area contributed by atoms with Crippen molar-refractivity contribution in [2.24, 2.45) is 0 Å². The molecule has 0 saturated carbocycles. The Morgan fingerprint density at radius 2 is 1.96 bits per heavy atom. The van der Waals surface area contributed by atoms with Crippen molar-refractivity contribution in [3.63, 3.8) is 0 Å². The van der Waals surface area contributed by atoms with E-state index < -0.39 is 0 Å². The van der Waals surface area contributed by atoms with Crippen LogP contribution >= 0.6 is 11.8 Å². The van der Waals surface area contributed by atoms with E-state index in [9.17, 15) is 4.79 Å². The summed E-state index contributed by atoms with van der Waals surface area (Å²) in [5.41, 5.74) is 1.48. The minimum atomic E-state index is -0.0595. The summed E-state index contributed by atoms with van der Waals surface area (Å²) in [7, 11) is 3.17. The third-order valence-corrected chi connectivity index (χ3v) is 4.97. The average molecular weight is 329 g/mol. The first kappa shape index (κ1) is 15.7. The van der Waals surface area contributed by atoms with Gasteiger partial charge in [-0.05, 0) is 42.5 Å². The predicted octanol–water partition coefficient (Wildman–Crippen LogP) is 3.85. The number of para-hydroxylation sites is 1. The molecule has 120 valence electrons. The van der Waals surface area contributed by atoms with E-state index in [0.717, 1.165) is 22.8 Å². The van der Waals surface area contributed by atoms with Crippen LogP contribution in [0.5, 0.6) is 11.5 Å². The van der Waals surface area contributed by atoms with Gasteiger partial charge in [-0.1, -0.05) is 12.1 Å². The van der Waals surface area contributed by atoms with Crippen LogP contribution in [-0.4, -0.2) is 32.4 Å². The highest BCUT2D eigenvalue weighted by Crippen LogP contribution is 2.35. The minimum Gasteiger partial charge on any atom is -0.497 e. The number of fused-ring (bicyclic) bond motifs is 1. The zero-order chi connectivity index (χ0) is 16.2. The zero-order valence-corrected chi connectivity index (χ0v) is 14.1. The maximum atomic E-state index is 13.1. The molecule has 0 bridgehead atoms. The summed E-state index contributed by atoms with van der Waals surface area (Å²) >= 11 is 1.79. The average Bonchev–Trinajstić information content (AvgIpc) is 2.83. The van der Waals surface area contributed by atoms with Crippen LogP contribution in [0.2, 0.25) is 0 Å². The second-order valence-corrected chi connectivity index (χ2v) is 6.33. The number of thioether (sulfide) groups is 1. The van der Waals surface area contributed by atoms with Gasteiger partial charge in [-0.2, -0.15) is 0 Å². The molecular formula is C18H19NO3S. The van der Waals surface area contributed by atoms with Gasteiger partial charge in [0, 0.05) is 11.4 Å². The number of anilines is 1. The van der Waals surface area contributed by atoms with Crippen LogP contribution in [0, 0.1) is 0 Å². The summed E-state index contributed by atoms with van der Waals surface area (Å²) in [6.07, 6.45) is 0.956. The third-order valence-electron chi connectivity index (χ3n) is 3.82. The van der Waals surface area contributed by atoms with Gasteiger partial charge in [0.05, 0.1) is 25.5 Å². The number of carbonyl (C=O) groups is 1. The van der Waals surface area contributed by atoms with Gasteiger partial charge in [0.25, 0.3) is 5.91 Å². The van der Waals surface area contributed by atoms with Gasteiger partial charge in [0.1, 0.15) is 11.5 Å². The Balaban J connectivity index is 2.03. The molecule has 4 nitrogen and oxygen atoms in total. The topological polar surface area (TPSA) is 38.8 Å². The highest BCUT2D eigenvalue weighted by atomic mass is 32.2. The van der Waals surface area contributed by atoms with Gasteiger partial charge < -0.3 is 14.4 Å². The molecule has 0 aromatic heterocycles. The molecule has 1 heterocycles. The van der Waals surface area contributed by atoms with E-state index in [-0.39, 0.29) is 5.91 Å². The van der Waals surface area contributed by atoms with Crippen LogP contribution < -0.4 is 14.4 Å². The number of benzene rings is 2. The molecule has 2 aromatic carbocycles. The Kier molecular flexibility index (Phi) is 4.76. The molecule has 1 amide bonds. The zero-order valence-electron chi connectivity index (χ0n) is 13.2. The monoisotopic (exact) mass is 329 g/mol. The third kappa shape index (κ3) is 3.15. The first-order valence-corrected chi connectivity index (χ1v) is 8.49. The Hall–Kier alpha value is -2.14. The smallest absolute Gasteiger partial charge is 0.262 e. The molecule has 0 aliphatic carbocycles. The van der Waals surface area contributed by atoms with Gasteiger partial charge in [0.2, 0.25) is 0 Å². The molecule has 0 saturated heterocycles. The van der Waals surface area contributed by atoms with Crippen molar-refractivity contribution in [3.8, 4) is 11.5 Å². The fourth-order valence-corrected chi connectivity index (χ4v) is 3.66. The van der Waals surface area contributed by atoms with Crippen molar-refractivity contribution in [3.05, 3.63) is 48.0 Å². The number of nitrogens with zero attached hydrogens (tertiary/aromatic N) is 1. The molecule has 3 rings (SSSR count). The van der Waals surface area contributed by atoms with E-state index in [2.05, 4.69) is 6.07 Å². The molecule has 0 N–H and O–H groups in total. The number of hydrogen-bond acceptors (Lipinski definition) is 4. The van der Waals surface area contributed by atoms with Gasteiger partial charge in [0.15, 0.2) is 0 Å². The maximum Gasteiger partial charge on any atom is 0.262 e. The van der Waals surface area contributed by atoms with Gasteiger partial charge in [-0.3, -0.25) is 4.79 Å². The fourth-order valence-electron chi connectivity index (χ4n) is 2.66. The summed E-state index contributed by atoms with van der Waals surface area (Å²) in [6.45, 7) is 0.698. The first-order chi connectivity index (χ1) is 11.2. The molecule has 0 spiro atoms. The Labute approximate surface area is 140 Å². The van der Waals surface area contributed by atoms with Crippen LogP contribution in [0.4, 0.5) is 5.69 Å². The fraction of sp³-hybridized carbons (Fsp3) is 0.278. The second kappa shape index (κ2) is 6.96. The predicted molar refractivity (Wildman–Crippen MR) is 93.0 cm³/mol. The van der Waals surface area contributed by atoms with Crippen molar-refractivity contribution in [1.29, 1.82) is 0 Å². The lowest BCUT2D eigenvalue weighted by atomic mass is 10.1. The molecule has 0 radical (unpaired) electrons. The normalized spacial score (nSPS) is 13.9. The summed E-state index contributed by atoms with van der Waals surface area (Å²) in [6, 6.07) is 13.3. The summed E-state index contributed by atoms with van der Waals surface area (Å²) in [5, 5.41) is 0. The van der Waals surface area contributed by atoms with Crippen LogP contribution in [0.1, 0.15) is 16.8 Å². The van der Waals surface area contributed by atoms with Crippen LogP contribution in [-0.2, 0) is 0 Å². The SMILES string of the molecule is COc1ccc(OC)c(C(=O)N2CCCSc3ccccc32)c1. The largest absolute Gasteiger partial charge is 0.497 e. The first-order valence-electron chi connectivity index (χ1n) is 7.50. The second-order valence-electron chi connectivity index (χ2n) is 5.19. The van der Waals surface area contributed by atoms with Gasteiger partial charge in [-0.15, -0.1) is 11.8 Å². The molecule has 0 atom stereocenters. The highest BCUT2D eigenvalue weighted by molar-refractivity contribution is 7.99. The summed E-state index contributed by atoms with van der Waals surface area (Å²) < 4.78 is 10.6. The standard InChI is InChI=1S/C18H19NO3S/c1-21-13-8-9-16(22-2)14(12-13)18(20)19-10-5-11-23-17-7-4-3-6-15(17)19/h3-4,6-9,12H,5,10-11H2,1-2H3. The van der Waals surface area contributed by atoms with Crippen molar-refractivity contribution in [2.75, 3.05) is 31.4 Å². The molecule has 5 heteroatoms. The molecule has 0 fully saturated rings. The Morgan fingerprint density at radius 3 is 2.74 bits per heavy atom. The number of methoxy groups -OCH3 is 2. The van der Waals surface area contributed by atoms with Crippen LogP contribution in [0.3, 0.4) is 0 Å². The van der Waals surface area contributed by atoms with E-state index in [1.54, 1.807) is 44.2 Å². The molecule has 1 aliphatic heterocycles. The lowest BCUT2D eigenvalue weighted by Gasteiger charge is -2.23. The lowest BCUT2D eigenvalue weighted by Crippen LogP contribution is -2.32. The Morgan fingerprint density at radius 1 is 1.13 bits per heavy atom. The maximum absolute atomic E-state index is 13.1. The van der Waals surface area contributed by atoms with Crippen LogP contribution in [0.15, 0.2) is 47.4 Å². The molecule has 1 aliphatic rings. The molecule has 23 heavy (non-hydrogen) atoms. The van der Waals surface area contributed by atoms with E-state index in [0.29, 0.717) is 23.6 Å².